The molecule has 5 nitrogen and oxygen atoms in total. The maximum Gasteiger partial charge on any atom is 0.330 e. The Balaban J connectivity index is 1.50. The first-order valence-corrected chi connectivity index (χ1v) is 10.4. The first-order chi connectivity index (χ1) is 13.9. The van der Waals surface area contributed by atoms with Gasteiger partial charge in [0, 0.05) is 24.1 Å². The fraction of sp³-hybridized carbons (Fsp3) is 0.458. The molecule has 1 fully saturated rings. The van der Waals surface area contributed by atoms with Crippen molar-refractivity contribution < 1.29 is 14.3 Å². The Hall–Kier alpha value is -2.69. The van der Waals surface area contributed by atoms with Gasteiger partial charge in [0.2, 0.25) is 5.91 Å². The summed E-state index contributed by atoms with van der Waals surface area (Å²) in [6, 6.07) is 9.59. The summed E-state index contributed by atoms with van der Waals surface area (Å²) >= 11 is 0. The second kappa shape index (κ2) is 9.68. The Bertz CT molecular complexity index is 877. The lowest BCUT2D eigenvalue weighted by atomic mass is 9.85. The molecule has 0 saturated heterocycles. The first kappa shape index (κ1) is 21.0. The smallest absolute Gasteiger partial charge is 0.330 e. The number of carbonyl (C=O) groups excluding carboxylic acids is 2. The SMILES string of the molecule is CC(C)(C/C=C/C(=O)OC1CCCCC1)CC(=O)Nc1cccc2cccnc12. The Labute approximate surface area is 172 Å². The summed E-state index contributed by atoms with van der Waals surface area (Å²) in [6.07, 6.45) is 11.5. The number of esters is 1. The maximum atomic E-state index is 12.6. The summed E-state index contributed by atoms with van der Waals surface area (Å²) in [6.45, 7) is 4.04. The van der Waals surface area contributed by atoms with Crippen molar-refractivity contribution in [1.82, 2.24) is 4.98 Å². The van der Waals surface area contributed by atoms with Crippen molar-refractivity contribution in [2.75, 3.05) is 5.32 Å². The van der Waals surface area contributed by atoms with E-state index in [2.05, 4.69) is 10.3 Å². The van der Waals surface area contributed by atoms with Gasteiger partial charge in [-0.2, -0.15) is 0 Å². The van der Waals surface area contributed by atoms with Crippen molar-refractivity contribution in [3.8, 4) is 0 Å². The molecule has 0 atom stereocenters. The average Bonchev–Trinajstić information content (AvgIpc) is 2.68. The van der Waals surface area contributed by atoms with E-state index in [1.807, 2.05) is 50.3 Å². The standard InChI is InChI=1S/C24H30N2O3/c1-24(2,15-7-14-22(28)29-19-11-4-3-5-12-19)17-21(27)26-20-13-6-9-18-10-8-16-25-23(18)20/h6-10,13-14,16,19H,3-5,11-12,15,17H2,1-2H3,(H,26,27)/b14-7+. The van der Waals surface area contributed by atoms with E-state index in [0.717, 1.165) is 42.3 Å². The van der Waals surface area contributed by atoms with Crippen LogP contribution in [0.3, 0.4) is 0 Å². The number of hydrogen-bond acceptors (Lipinski definition) is 4. The molecule has 0 bridgehead atoms. The molecular weight excluding hydrogens is 364 g/mol. The van der Waals surface area contributed by atoms with Gasteiger partial charge in [0.25, 0.3) is 0 Å². The minimum Gasteiger partial charge on any atom is -0.459 e. The lowest BCUT2D eigenvalue weighted by Crippen LogP contribution is -2.22. The van der Waals surface area contributed by atoms with Crippen LogP contribution in [0.15, 0.2) is 48.7 Å². The van der Waals surface area contributed by atoms with Gasteiger partial charge in [-0.15, -0.1) is 0 Å². The van der Waals surface area contributed by atoms with Gasteiger partial charge in [0.05, 0.1) is 11.2 Å². The monoisotopic (exact) mass is 394 g/mol. The highest BCUT2D eigenvalue weighted by Crippen LogP contribution is 2.28. The van der Waals surface area contributed by atoms with E-state index in [-0.39, 0.29) is 23.4 Å². The molecule has 0 spiro atoms. The van der Waals surface area contributed by atoms with Gasteiger partial charge in [-0.1, -0.05) is 44.5 Å². The van der Waals surface area contributed by atoms with E-state index < -0.39 is 0 Å². The third-order valence-electron chi connectivity index (χ3n) is 5.31. The molecule has 1 aliphatic rings. The van der Waals surface area contributed by atoms with Gasteiger partial charge in [-0.05, 0) is 49.7 Å². The molecule has 5 heteroatoms. The van der Waals surface area contributed by atoms with Crippen LogP contribution in [0.4, 0.5) is 5.69 Å². The van der Waals surface area contributed by atoms with Crippen LogP contribution in [-0.4, -0.2) is 23.0 Å². The van der Waals surface area contributed by atoms with Crippen molar-refractivity contribution in [3.05, 3.63) is 48.7 Å². The number of nitrogens with one attached hydrogen (secondary N) is 1. The number of carbonyl (C=O) groups is 2. The zero-order valence-electron chi connectivity index (χ0n) is 17.3. The molecule has 1 aromatic heterocycles. The van der Waals surface area contributed by atoms with Gasteiger partial charge in [-0.25, -0.2) is 4.79 Å². The second-order valence-electron chi connectivity index (χ2n) is 8.57. The maximum absolute atomic E-state index is 12.6. The number of anilines is 1. The molecule has 0 unspecified atom stereocenters. The topological polar surface area (TPSA) is 68.3 Å². The Kier molecular flexibility index (Phi) is 7.02. The molecule has 1 saturated carbocycles. The van der Waals surface area contributed by atoms with Crippen molar-refractivity contribution in [3.63, 3.8) is 0 Å². The van der Waals surface area contributed by atoms with E-state index in [1.54, 1.807) is 6.20 Å². The van der Waals surface area contributed by atoms with Crippen LogP contribution in [0, 0.1) is 5.41 Å². The van der Waals surface area contributed by atoms with Crippen LogP contribution in [0.1, 0.15) is 58.8 Å². The number of allylic oxidation sites excluding steroid dienone is 1. The summed E-state index contributed by atoms with van der Waals surface area (Å²) in [4.78, 5) is 28.9. The van der Waals surface area contributed by atoms with Crippen LogP contribution in [0.5, 0.6) is 0 Å². The van der Waals surface area contributed by atoms with Gasteiger partial charge in [0.15, 0.2) is 0 Å². The van der Waals surface area contributed by atoms with Crippen molar-refractivity contribution in [1.29, 1.82) is 0 Å². The predicted molar refractivity (Wildman–Crippen MR) is 115 cm³/mol. The Morgan fingerprint density at radius 3 is 2.72 bits per heavy atom. The number of aromatic nitrogens is 1. The minimum atomic E-state index is -0.279. The summed E-state index contributed by atoms with van der Waals surface area (Å²) < 4.78 is 5.50. The van der Waals surface area contributed by atoms with E-state index in [4.69, 9.17) is 4.74 Å². The van der Waals surface area contributed by atoms with Gasteiger partial charge in [0.1, 0.15) is 6.10 Å². The number of benzene rings is 1. The van der Waals surface area contributed by atoms with Gasteiger partial charge in [-0.3, -0.25) is 9.78 Å². The lowest BCUT2D eigenvalue weighted by molar-refractivity contribution is -0.144. The number of pyridine rings is 1. The van der Waals surface area contributed by atoms with Crippen molar-refractivity contribution in [2.45, 2.75) is 64.9 Å². The third-order valence-corrected chi connectivity index (χ3v) is 5.31. The molecule has 1 aromatic carbocycles. The number of ether oxygens (including phenoxy) is 1. The Morgan fingerprint density at radius 1 is 1.17 bits per heavy atom. The zero-order valence-corrected chi connectivity index (χ0v) is 17.3. The Morgan fingerprint density at radius 2 is 1.93 bits per heavy atom. The second-order valence-corrected chi connectivity index (χ2v) is 8.57. The summed E-state index contributed by atoms with van der Waals surface area (Å²) in [5, 5.41) is 3.97. The molecule has 2 aromatic rings. The largest absolute Gasteiger partial charge is 0.459 e. The molecule has 1 heterocycles. The summed E-state index contributed by atoms with van der Waals surface area (Å²) in [5.74, 6) is -0.342. The molecule has 3 rings (SSSR count). The highest BCUT2D eigenvalue weighted by Gasteiger charge is 2.22. The summed E-state index contributed by atoms with van der Waals surface area (Å²) in [7, 11) is 0. The first-order valence-electron chi connectivity index (χ1n) is 10.4. The number of nitrogens with zero attached hydrogens (tertiary/aromatic N) is 1. The average molecular weight is 395 g/mol. The molecule has 1 amide bonds. The minimum absolute atomic E-state index is 0.0636. The molecule has 0 radical (unpaired) electrons. The van der Waals surface area contributed by atoms with E-state index in [1.165, 1.54) is 12.5 Å². The molecule has 1 aliphatic carbocycles. The van der Waals surface area contributed by atoms with Crippen LogP contribution in [0.2, 0.25) is 0 Å². The fourth-order valence-corrected chi connectivity index (χ4v) is 3.77. The third kappa shape index (κ3) is 6.41. The number of rotatable bonds is 7. The predicted octanol–water partition coefficient (Wildman–Crippen LogP) is 5.41. The molecular formula is C24H30N2O3. The number of para-hydroxylation sites is 1. The van der Waals surface area contributed by atoms with E-state index in [0.29, 0.717) is 12.8 Å². The van der Waals surface area contributed by atoms with Gasteiger partial charge >= 0.3 is 5.97 Å². The number of fused-ring (bicyclic) bond motifs is 1. The quantitative estimate of drug-likeness (QED) is 0.503. The van der Waals surface area contributed by atoms with Crippen molar-refractivity contribution >= 4 is 28.5 Å². The van der Waals surface area contributed by atoms with Crippen LogP contribution < -0.4 is 5.32 Å². The molecule has 0 aliphatic heterocycles. The van der Waals surface area contributed by atoms with Crippen LogP contribution >= 0.6 is 0 Å². The highest BCUT2D eigenvalue weighted by molar-refractivity contribution is 6.00. The molecule has 29 heavy (non-hydrogen) atoms. The lowest BCUT2D eigenvalue weighted by Gasteiger charge is -2.23. The summed E-state index contributed by atoms with van der Waals surface area (Å²) in [5.41, 5.74) is 1.23. The normalized spacial score (nSPS) is 15.5. The number of hydrogen-bond donors (Lipinski definition) is 1. The molecule has 1 N–H and O–H groups in total. The fourth-order valence-electron chi connectivity index (χ4n) is 3.77. The number of amides is 1. The van der Waals surface area contributed by atoms with Crippen molar-refractivity contribution in [2.24, 2.45) is 5.41 Å². The zero-order chi connectivity index (χ0) is 20.7. The van der Waals surface area contributed by atoms with Crippen LogP contribution in [0.25, 0.3) is 10.9 Å². The molecule has 154 valence electrons. The van der Waals surface area contributed by atoms with Crippen LogP contribution in [-0.2, 0) is 14.3 Å². The van der Waals surface area contributed by atoms with E-state index in [9.17, 15) is 9.59 Å². The van der Waals surface area contributed by atoms with E-state index >= 15 is 0 Å². The highest BCUT2D eigenvalue weighted by atomic mass is 16.5. The van der Waals surface area contributed by atoms with Gasteiger partial charge < -0.3 is 10.1 Å².